The summed E-state index contributed by atoms with van der Waals surface area (Å²) in [5.41, 5.74) is 0. The maximum absolute atomic E-state index is 11.9. The normalized spacial score (nSPS) is 14.6. The molecule has 0 spiro atoms. The minimum atomic E-state index is -1.03. The van der Waals surface area contributed by atoms with Crippen LogP contribution in [0.4, 0.5) is 0 Å². The lowest BCUT2D eigenvalue weighted by molar-refractivity contribution is -0.144. The lowest BCUT2D eigenvalue weighted by atomic mass is 10.0. The highest BCUT2D eigenvalue weighted by Crippen LogP contribution is 2.04. The average molecular weight is 260 g/mol. The zero-order chi connectivity index (χ0) is 14.3. The van der Waals surface area contributed by atoms with E-state index in [1.807, 2.05) is 6.92 Å². The Morgan fingerprint density at radius 3 is 2.17 bits per heavy atom. The Bertz CT molecular complexity index is 281. The molecule has 1 amide bonds. The lowest BCUT2D eigenvalue weighted by Crippen LogP contribution is -2.52. The largest absolute Gasteiger partial charge is 0.480 e. The molecule has 2 atom stereocenters. The van der Waals surface area contributed by atoms with Gasteiger partial charge in [-0.25, -0.2) is 4.79 Å². The van der Waals surface area contributed by atoms with Crippen LogP contribution in [0.1, 0.15) is 27.7 Å². The molecule has 106 valence electrons. The number of hydrogen-bond acceptors (Lipinski definition) is 4. The zero-order valence-corrected chi connectivity index (χ0v) is 11.5. The minimum absolute atomic E-state index is 0.0298. The van der Waals surface area contributed by atoms with Crippen molar-refractivity contribution in [3.8, 4) is 0 Å². The summed E-state index contributed by atoms with van der Waals surface area (Å²) in [5, 5.41) is 20.4. The van der Waals surface area contributed by atoms with Crippen molar-refractivity contribution < 1.29 is 19.8 Å². The second-order valence-corrected chi connectivity index (χ2v) is 4.60. The first kappa shape index (κ1) is 16.9. The maximum Gasteiger partial charge on any atom is 0.326 e. The number of aliphatic hydroxyl groups is 1. The molecule has 0 fully saturated rings. The first-order chi connectivity index (χ1) is 8.34. The van der Waals surface area contributed by atoms with E-state index in [-0.39, 0.29) is 18.4 Å². The van der Waals surface area contributed by atoms with Crippen molar-refractivity contribution in [2.45, 2.75) is 39.8 Å². The van der Waals surface area contributed by atoms with E-state index >= 15 is 0 Å². The highest BCUT2D eigenvalue weighted by molar-refractivity contribution is 5.86. The molecule has 6 nitrogen and oxygen atoms in total. The molecule has 0 radical (unpaired) electrons. The fourth-order valence-electron chi connectivity index (χ4n) is 1.71. The Morgan fingerprint density at radius 1 is 1.28 bits per heavy atom. The topological polar surface area (TPSA) is 89.9 Å². The molecule has 3 N–H and O–H groups in total. The third-order valence-electron chi connectivity index (χ3n) is 2.95. The van der Waals surface area contributed by atoms with E-state index in [0.29, 0.717) is 13.1 Å². The molecular formula is C12H24N2O4. The highest BCUT2D eigenvalue weighted by atomic mass is 16.4. The van der Waals surface area contributed by atoms with Gasteiger partial charge in [0.15, 0.2) is 0 Å². The number of carboxylic acid groups (broad SMARTS) is 1. The molecule has 0 aromatic rings. The van der Waals surface area contributed by atoms with Gasteiger partial charge in [-0.2, -0.15) is 0 Å². The molecule has 0 aromatic heterocycles. The van der Waals surface area contributed by atoms with Crippen LogP contribution in [0.2, 0.25) is 0 Å². The number of carboxylic acids is 1. The van der Waals surface area contributed by atoms with Gasteiger partial charge in [-0.1, -0.05) is 20.8 Å². The molecule has 0 saturated carbocycles. The Hall–Kier alpha value is -1.14. The second kappa shape index (κ2) is 8.05. The summed E-state index contributed by atoms with van der Waals surface area (Å²) in [6.45, 7) is 8.06. The van der Waals surface area contributed by atoms with Crippen LogP contribution < -0.4 is 5.32 Å². The summed E-state index contributed by atoms with van der Waals surface area (Å²) in [4.78, 5) is 24.7. The van der Waals surface area contributed by atoms with Gasteiger partial charge in [0.2, 0.25) is 5.91 Å². The predicted octanol–water partition coefficient (Wildman–Crippen LogP) is -0.0855. The third-order valence-corrected chi connectivity index (χ3v) is 2.95. The van der Waals surface area contributed by atoms with Gasteiger partial charge in [0, 0.05) is 6.54 Å². The van der Waals surface area contributed by atoms with E-state index in [9.17, 15) is 9.59 Å². The number of likely N-dealkylation sites (N-methyl/N-ethyl adjacent to an activating group) is 1. The summed E-state index contributed by atoms with van der Waals surface area (Å²) in [6.07, 6.45) is 0. The maximum atomic E-state index is 11.9. The molecule has 0 aliphatic carbocycles. The number of aliphatic carboxylic acids is 1. The van der Waals surface area contributed by atoms with Gasteiger partial charge in [-0.15, -0.1) is 0 Å². The van der Waals surface area contributed by atoms with Crippen molar-refractivity contribution in [2.75, 3.05) is 19.7 Å². The Morgan fingerprint density at radius 2 is 1.83 bits per heavy atom. The quantitative estimate of drug-likeness (QED) is 0.568. The average Bonchev–Trinajstić information content (AvgIpc) is 2.30. The molecule has 0 aliphatic heterocycles. The summed E-state index contributed by atoms with van der Waals surface area (Å²) >= 11 is 0. The molecule has 0 aromatic carbocycles. The first-order valence-corrected chi connectivity index (χ1v) is 6.23. The minimum Gasteiger partial charge on any atom is -0.480 e. The van der Waals surface area contributed by atoms with Crippen LogP contribution >= 0.6 is 0 Å². The van der Waals surface area contributed by atoms with Crippen LogP contribution in [-0.4, -0.2) is 58.8 Å². The van der Waals surface area contributed by atoms with E-state index in [0.717, 1.165) is 0 Å². The number of rotatable bonds is 8. The van der Waals surface area contributed by atoms with Crippen LogP contribution in [0.25, 0.3) is 0 Å². The van der Waals surface area contributed by atoms with Gasteiger partial charge in [0.25, 0.3) is 0 Å². The molecule has 2 unspecified atom stereocenters. The Labute approximate surface area is 108 Å². The fraction of sp³-hybridized carbons (Fsp3) is 0.833. The zero-order valence-electron chi connectivity index (χ0n) is 11.5. The van der Waals surface area contributed by atoms with Gasteiger partial charge in [0.05, 0.1) is 12.6 Å². The van der Waals surface area contributed by atoms with Crippen LogP contribution in [0.15, 0.2) is 0 Å². The number of carbonyl (C=O) groups excluding carboxylic acids is 1. The van der Waals surface area contributed by atoms with E-state index in [1.54, 1.807) is 25.7 Å². The Kier molecular flexibility index (Phi) is 7.54. The molecule has 6 heteroatoms. The van der Waals surface area contributed by atoms with Crippen LogP contribution in [0.3, 0.4) is 0 Å². The number of nitrogens with zero attached hydrogens (tertiary/aromatic N) is 1. The van der Waals surface area contributed by atoms with Crippen molar-refractivity contribution in [3.05, 3.63) is 0 Å². The summed E-state index contributed by atoms with van der Waals surface area (Å²) in [6, 6.07) is -1.34. The van der Waals surface area contributed by atoms with Gasteiger partial charge < -0.3 is 15.5 Å². The van der Waals surface area contributed by atoms with Crippen LogP contribution in [0.5, 0.6) is 0 Å². The molecule has 0 saturated heterocycles. The molecule has 0 rings (SSSR count). The summed E-state index contributed by atoms with van der Waals surface area (Å²) in [7, 11) is 0. The highest BCUT2D eigenvalue weighted by Gasteiger charge is 2.27. The van der Waals surface area contributed by atoms with Crippen molar-refractivity contribution in [3.63, 3.8) is 0 Å². The van der Waals surface area contributed by atoms with Gasteiger partial charge in [-0.3, -0.25) is 9.69 Å². The molecule has 0 aliphatic rings. The van der Waals surface area contributed by atoms with Crippen LogP contribution in [0, 0.1) is 5.92 Å². The molecule has 0 heterocycles. The summed E-state index contributed by atoms with van der Waals surface area (Å²) in [5.74, 6) is -1.53. The van der Waals surface area contributed by atoms with Gasteiger partial charge in [-0.05, 0) is 19.4 Å². The number of aliphatic hydroxyl groups excluding tert-OH is 1. The van der Waals surface area contributed by atoms with Crippen molar-refractivity contribution in [2.24, 2.45) is 5.92 Å². The molecule has 18 heavy (non-hydrogen) atoms. The third kappa shape index (κ3) is 5.01. The molecule has 0 bridgehead atoms. The Balaban J connectivity index is 4.58. The number of nitrogens with one attached hydrogen (secondary N) is 1. The number of hydrogen-bond donors (Lipinski definition) is 3. The van der Waals surface area contributed by atoms with Crippen molar-refractivity contribution in [1.82, 2.24) is 10.2 Å². The lowest BCUT2D eigenvalue weighted by Gasteiger charge is -2.28. The predicted molar refractivity (Wildman–Crippen MR) is 68.2 cm³/mol. The number of amides is 1. The number of carbonyl (C=O) groups is 2. The van der Waals surface area contributed by atoms with E-state index in [2.05, 4.69) is 5.32 Å². The van der Waals surface area contributed by atoms with E-state index in [4.69, 9.17) is 10.2 Å². The smallest absolute Gasteiger partial charge is 0.326 e. The van der Waals surface area contributed by atoms with Gasteiger partial charge in [0.1, 0.15) is 6.04 Å². The van der Waals surface area contributed by atoms with Crippen LogP contribution in [-0.2, 0) is 9.59 Å². The standard InChI is InChI=1S/C12H24N2O4/c1-5-14(6-7-15)9(4)11(16)13-10(8(2)3)12(17)18/h8-10,15H,5-7H2,1-4H3,(H,13,16)(H,17,18). The summed E-state index contributed by atoms with van der Waals surface area (Å²) < 4.78 is 0. The second-order valence-electron chi connectivity index (χ2n) is 4.60. The van der Waals surface area contributed by atoms with E-state index < -0.39 is 18.1 Å². The SMILES string of the molecule is CCN(CCO)C(C)C(=O)NC(C(=O)O)C(C)C. The molecular weight excluding hydrogens is 236 g/mol. The fourth-order valence-corrected chi connectivity index (χ4v) is 1.71. The van der Waals surface area contributed by atoms with Crippen molar-refractivity contribution >= 4 is 11.9 Å². The van der Waals surface area contributed by atoms with E-state index in [1.165, 1.54) is 0 Å². The van der Waals surface area contributed by atoms with Gasteiger partial charge >= 0.3 is 5.97 Å². The monoisotopic (exact) mass is 260 g/mol. The first-order valence-electron chi connectivity index (χ1n) is 6.23. The van der Waals surface area contributed by atoms with Crippen molar-refractivity contribution in [1.29, 1.82) is 0 Å².